The van der Waals surface area contributed by atoms with E-state index in [2.05, 4.69) is 15.0 Å². The van der Waals surface area contributed by atoms with Crippen LogP contribution in [-0.4, -0.2) is 99.6 Å². The Morgan fingerprint density at radius 1 is 0.688 bits per heavy atom. The van der Waals surface area contributed by atoms with Crippen LogP contribution >= 0.6 is 0 Å². The number of carbonyl (C=O) groups is 3. The molecule has 1 aromatic rings. The summed E-state index contributed by atoms with van der Waals surface area (Å²) < 4.78 is 0. The van der Waals surface area contributed by atoms with Gasteiger partial charge in [-0.1, -0.05) is 0 Å². The van der Waals surface area contributed by atoms with Crippen LogP contribution in [0.2, 0.25) is 0 Å². The number of carboxylic acids is 3. The van der Waals surface area contributed by atoms with Gasteiger partial charge in [0.1, 0.15) is 0 Å². The predicted octanol–water partition coefficient (Wildman–Crippen LogP) is -1.68. The van der Waals surface area contributed by atoms with Crippen molar-refractivity contribution in [2.45, 2.75) is 0 Å². The van der Waals surface area contributed by atoms with Gasteiger partial charge in [0.2, 0.25) is 17.5 Å². The van der Waals surface area contributed by atoms with Crippen LogP contribution in [0.5, 0.6) is 0 Å². The molecule has 10 heteroatoms. The molecule has 0 aliphatic carbocycles. The van der Waals surface area contributed by atoms with E-state index in [1.807, 2.05) is 0 Å². The summed E-state index contributed by atoms with van der Waals surface area (Å²) in [6.45, 7) is 0. The Bertz CT molecular complexity index is 383. The first kappa shape index (κ1) is 15.1. The van der Waals surface area contributed by atoms with Gasteiger partial charge in [-0.15, -0.1) is 0 Å². The van der Waals surface area contributed by atoms with Gasteiger partial charge in [-0.25, -0.2) is 14.4 Å². The van der Waals surface area contributed by atoms with Crippen LogP contribution < -0.4 is 0 Å². The summed E-state index contributed by atoms with van der Waals surface area (Å²) in [5.74, 6) is -7.70. The predicted molar refractivity (Wildman–Crippen MR) is 47.9 cm³/mol. The Hall–Kier alpha value is -0.944. The molecule has 9 nitrogen and oxygen atoms in total. The van der Waals surface area contributed by atoms with Crippen molar-refractivity contribution in [3.63, 3.8) is 0 Å². The van der Waals surface area contributed by atoms with Crippen LogP contribution in [0.4, 0.5) is 0 Å². The number of hydrogen-bond donors (Lipinski definition) is 3. The molecule has 1 aromatic heterocycles. The molecule has 0 aromatic carbocycles. The Morgan fingerprint density at radius 3 is 1.00 bits per heavy atom. The first-order valence-corrected chi connectivity index (χ1v) is 3.37. The summed E-state index contributed by atoms with van der Waals surface area (Å²) in [6, 6.07) is 0. The first-order valence-electron chi connectivity index (χ1n) is 3.37. The third-order valence-corrected chi connectivity index (χ3v) is 1.21. The van der Waals surface area contributed by atoms with Crippen molar-refractivity contribution < 1.29 is 29.7 Å². The summed E-state index contributed by atoms with van der Waals surface area (Å²) in [6.07, 6.45) is 0. The number of carboxylic acid groups (broad SMARTS) is 3. The summed E-state index contributed by atoms with van der Waals surface area (Å²) in [5, 5.41) is 25.4. The van der Waals surface area contributed by atoms with Crippen LogP contribution in [0, 0.1) is 0 Å². The van der Waals surface area contributed by atoms with E-state index in [0.29, 0.717) is 0 Å². The maximum absolute atomic E-state index is 10.4. The number of aromatic nitrogens is 3. The van der Waals surface area contributed by atoms with Gasteiger partial charge >= 0.3 is 69.3 Å². The number of aromatic carboxylic acids is 3. The third kappa shape index (κ3) is 3.57. The van der Waals surface area contributed by atoms with E-state index in [9.17, 15) is 14.4 Å². The molecule has 0 amide bonds. The molecular formula is C6H4KN3O6. The van der Waals surface area contributed by atoms with E-state index in [-0.39, 0.29) is 51.4 Å². The standard InChI is InChI=1S/C6H3N3O6.K.H/c10-4(11)1-7-2(5(12)13)9-3(8-1)6(14)15;;/h(H,10,11)(H,12,13)(H,14,15);;. The second-order valence-electron chi connectivity index (χ2n) is 2.22. The minimum absolute atomic E-state index is 0. The topological polar surface area (TPSA) is 151 Å². The number of rotatable bonds is 3. The summed E-state index contributed by atoms with van der Waals surface area (Å²) in [5.41, 5.74) is 0. The van der Waals surface area contributed by atoms with Crippen molar-refractivity contribution in [3.8, 4) is 0 Å². The summed E-state index contributed by atoms with van der Waals surface area (Å²) in [4.78, 5) is 40.3. The van der Waals surface area contributed by atoms with E-state index < -0.39 is 35.4 Å². The molecule has 0 atom stereocenters. The fraction of sp³-hybridized carbons (Fsp3) is 0. The zero-order chi connectivity index (χ0) is 11.6. The van der Waals surface area contributed by atoms with E-state index in [1.165, 1.54) is 0 Å². The van der Waals surface area contributed by atoms with Crippen molar-refractivity contribution in [2.24, 2.45) is 0 Å². The molecule has 0 bridgehead atoms. The molecule has 0 fully saturated rings. The van der Waals surface area contributed by atoms with Crippen LogP contribution in [0.25, 0.3) is 0 Å². The van der Waals surface area contributed by atoms with Gasteiger partial charge in [0.05, 0.1) is 0 Å². The Balaban J connectivity index is 0.00000225. The fourth-order valence-electron chi connectivity index (χ4n) is 0.663. The Kier molecular flexibility index (Phi) is 5.61. The third-order valence-electron chi connectivity index (χ3n) is 1.21. The Morgan fingerprint density at radius 2 is 0.875 bits per heavy atom. The second-order valence-corrected chi connectivity index (χ2v) is 2.22. The molecule has 0 aliphatic heterocycles. The van der Waals surface area contributed by atoms with Gasteiger partial charge in [-0.2, -0.15) is 15.0 Å². The van der Waals surface area contributed by atoms with E-state index >= 15 is 0 Å². The summed E-state index contributed by atoms with van der Waals surface area (Å²) >= 11 is 0. The van der Waals surface area contributed by atoms with Crippen molar-refractivity contribution in [2.75, 3.05) is 0 Å². The molecule has 80 valence electrons. The Labute approximate surface area is 130 Å². The zero-order valence-corrected chi connectivity index (χ0v) is 6.91. The quantitative estimate of drug-likeness (QED) is 0.536. The molecule has 0 spiro atoms. The molecule has 0 saturated heterocycles. The summed E-state index contributed by atoms with van der Waals surface area (Å²) in [7, 11) is 0. The molecule has 1 heterocycles. The van der Waals surface area contributed by atoms with Crippen molar-refractivity contribution in [3.05, 3.63) is 17.5 Å². The molecule has 0 unspecified atom stereocenters. The van der Waals surface area contributed by atoms with Gasteiger partial charge in [0.15, 0.2) is 0 Å². The first-order chi connectivity index (χ1) is 6.91. The van der Waals surface area contributed by atoms with Crippen molar-refractivity contribution in [1.82, 2.24) is 15.0 Å². The zero-order valence-electron chi connectivity index (χ0n) is 6.91. The SMILES string of the molecule is O=C(O)c1nc(C(=O)O)nc(C(=O)O)n1.[KH]. The van der Waals surface area contributed by atoms with E-state index in [0.717, 1.165) is 0 Å². The second kappa shape index (κ2) is 5.96. The minimum atomic E-state index is -1.64. The maximum atomic E-state index is 10.4. The van der Waals surface area contributed by atoms with E-state index in [4.69, 9.17) is 15.3 Å². The normalized spacial score (nSPS) is 9.00. The molecular weight excluding hydrogens is 249 g/mol. The van der Waals surface area contributed by atoms with Gasteiger partial charge in [-0.05, 0) is 0 Å². The molecule has 1 rings (SSSR count). The van der Waals surface area contributed by atoms with Gasteiger partial charge < -0.3 is 15.3 Å². The number of hydrogen-bond acceptors (Lipinski definition) is 6. The van der Waals surface area contributed by atoms with E-state index in [1.54, 1.807) is 0 Å². The van der Waals surface area contributed by atoms with Crippen molar-refractivity contribution >= 4 is 69.3 Å². The molecule has 16 heavy (non-hydrogen) atoms. The molecule has 0 saturated carbocycles. The van der Waals surface area contributed by atoms with Gasteiger partial charge in [0.25, 0.3) is 0 Å². The molecule has 0 radical (unpaired) electrons. The monoisotopic (exact) mass is 253 g/mol. The van der Waals surface area contributed by atoms with Gasteiger partial charge in [0, 0.05) is 0 Å². The molecule has 0 aliphatic rings. The van der Waals surface area contributed by atoms with Crippen LogP contribution in [0.3, 0.4) is 0 Å². The van der Waals surface area contributed by atoms with Crippen LogP contribution in [0.15, 0.2) is 0 Å². The molecule has 3 N–H and O–H groups in total. The van der Waals surface area contributed by atoms with Crippen LogP contribution in [0.1, 0.15) is 31.9 Å². The number of nitrogens with zero attached hydrogens (tertiary/aromatic N) is 3. The fourth-order valence-corrected chi connectivity index (χ4v) is 0.663. The van der Waals surface area contributed by atoms with Gasteiger partial charge in [-0.3, -0.25) is 0 Å². The average molecular weight is 253 g/mol. The van der Waals surface area contributed by atoms with Crippen molar-refractivity contribution in [1.29, 1.82) is 0 Å². The van der Waals surface area contributed by atoms with Crippen LogP contribution in [-0.2, 0) is 0 Å². The average Bonchev–Trinajstić information content (AvgIpc) is 2.16.